The van der Waals surface area contributed by atoms with Crippen LogP contribution in [-0.4, -0.2) is 10.9 Å². The molecular formula is C15H22N2O. The summed E-state index contributed by atoms with van der Waals surface area (Å²) >= 11 is 0. The van der Waals surface area contributed by atoms with Crippen molar-refractivity contribution in [3.05, 3.63) is 36.5 Å². The van der Waals surface area contributed by atoms with E-state index in [0.717, 1.165) is 16.6 Å². The number of pyridine rings is 1. The van der Waals surface area contributed by atoms with Gasteiger partial charge in [-0.2, -0.15) is 0 Å². The minimum atomic E-state index is -0.0692. The van der Waals surface area contributed by atoms with E-state index in [1.54, 1.807) is 6.20 Å². The Bertz CT molecular complexity index is 481. The zero-order valence-corrected chi connectivity index (χ0v) is 11.8. The van der Waals surface area contributed by atoms with Crippen molar-refractivity contribution in [2.24, 2.45) is 0 Å². The van der Waals surface area contributed by atoms with E-state index >= 15 is 0 Å². The highest BCUT2D eigenvalue weighted by Crippen LogP contribution is 2.16. The zero-order chi connectivity index (χ0) is 14.0. The van der Waals surface area contributed by atoms with Crippen LogP contribution in [0.25, 0.3) is 10.9 Å². The lowest BCUT2D eigenvalue weighted by molar-refractivity contribution is -0.114. The highest BCUT2D eigenvalue weighted by molar-refractivity contribution is 5.91. The number of anilines is 1. The maximum Gasteiger partial charge on any atom is 0.221 e. The monoisotopic (exact) mass is 246 g/mol. The number of aromatic nitrogens is 1. The quantitative estimate of drug-likeness (QED) is 0.817. The lowest BCUT2D eigenvalue weighted by Gasteiger charge is -2.02. The molecule has 3 nitrogen and oxygen atoms in total. The van der Waals surface area contributed by atoms with E-state index in [0.29, 0.717) is 0 Å². The summed E-state index contributed by atoms with van der Waals surface area (Å²) in [6.45, 7) is 9.49. The normalized spacial score (nSPS) is 8.50. The minimum absolute atomic E-state index is 0.0692. The van der Waals surface area contributed by atoms with Crippen LogP contribution in [0.1, 0.15) is 34.6 Å². The molecule has 0 bridgehead atoms. The largest absolute Gasteiger partial charge is 0.326 e. The molecule has 0 unspecified atom stereocenters. The fraction of sp³-hybridized carbons (Fsp3) is 0.333. The third kappa shape index (κ3) is 4.95. The van der Waals surface area contributed by atoms with Crippen molar-refractivity contribution >= 4 is 22.5 Å². The van der Waals surface area contributed by atoms with Crippen molar-refractivity contribution in [3.63, 3.8) is 0 Å². The van der Waals surface area contributed by atoms with E-state index in [9.17, 15) is 4.79 Å². The molecule has 0 aliphatic heterocycles. The molecule has 1 aromatic carbocycles. The third-order valence-corrected chi connectivity index (χ3v) is 1.93. The first-order valence-corrected chi connectivity index (χ1v) is 6.38. The first-order valence-electron chi connectivity index (χ1n) is 6.38. The molecule has 1 aromatic heterocycles. The predicted molar refractivity (Wildman–Crippen MR) is 78.7 cm³/mol. The Morgan fingerprint density at radius 3 is 2.39 bits per heavy atom. The average Bonchev–Trinajstić information content (AvgIpc) is 2.42. The summed E-state index contributed by atoms with van der Waals surface area (Å²) in [7, 11) is 0. The van der Waals surface area contributed by atoms with Crippen LogP contribution in [0.2, 0.25) is 0 Å². The van der Waals surface area contributed by atoms with Gasteiger partial charge in [0.15, 0.2) is 0 Å². The van der Waals surface area contributed by atoms with Crippen molar-refractivity contribution in [2.45, 2.75) is 34.6 Å². The first-order chi connectivity index (χ1) is 8.75. The van der Waals surface area contributed by atoms with Crippen molar-refractivity contribution in [1.82, 2.24) is 4.98 Å². The van der Waals surface area contributed by atoms with Crippen molar-refractivity contribution in [2.75, 3.05) is 5.32 Å². The molecule has 18 heavy (non-hydrogen) atoms. The van der Waals surface area contributed by atoms with Gasteiger partial charge in [0.2, 0.25) is 5.91 Å². The van der Waals surface area contributed by atoms with Crippen molar-refractivity contribution in [3.8, 4) is 0 Å². The molecule has 2 rings (SSSR count). The number of benzene rings is 1. The molecule has 0 radical (unpaired) electrons. The molecule has 0 fully saturated rings. The van der Waals surface area contributed by atoms with Gasteiger partial charge in [-0.05, 0) is 18.2 Å². The maximum absolute atomic E-state index is 10.8. The molecule has 1 amide bonds. The van der Waals surface area contributed by atoms with E-state index in [2.05, 4.69) is 10.3 Å². The fourth-order valence-corrected chi connectivity index (χ4v) is 1.35. The van der Waals surface area contributed by atoms with Gasteiger partial charge in [0.05, 0.1) is 5.52 Å². The summed E-state index contributed by atoms with van der Waals surface area (Å²) in [6, 6.07) is 9.54. The third-order valence-electron chi connectivity index (χ3n) is 1.93. The number of hydrogen-bond acceptors (Lipinski definition) is 2. The standard InChI is InChI=1S/C11H10N2O.2C2H6/c1-8(14)13-10-5-4-9-3-2-6-12-11(9)7-10;2*1-2/h2-7H,1H3,(H,13,14);2*1-2H3. The van der Waals surface area contributed by atoms with E-state index in [4.69, 9.17) is 0 Å². The highest BCUT2D eigenvalue weighted by Gasteiger charge is 1.97. The summed E-state index contributed by atoms with van der Waals surface area (Å²) in [5, 5.41) is 3.79. The highest BCUT2D eigenvalue weighted by atomic mass is 16.1. The molecular weight excluding hydrogens is 224 g/mol. The Hall–Kier alpha value is -1.90. The first kappa shape index (κ1) is 16.1. The predicted octanol–water partition coefficient (Wildman–Crippen LogP) is 4.25. The number of carbonyl (C=O) groups is 1. The van der Waals surface area contributed by atoms with Gasteiger partial charge < -0.3 is 5.32 Å². The van der Waals surface area contributed by atoms with Crippen LogP contribution < -0.4 is 5.32 Å². The van der Waals surface area contributed by atoms with E-state index < -0.39 is 0 Å². The maximum atomic E-state index is 10.8. The number of nitrogens with zero attached hydrogens (tertiary/aromatic N) is 1. The molecule has 1 N–H and O–H groups in total. The topological polar surface area (TPSA) is 42.0 Å². The molecule has 0 spiro atoms. The smallest absolute Gasteiger partial charge is 0.221 e. The van der Waals surface area contributed by atoms with Crippen molar-refractivity contribution < 1.29 is 4.79 Å². The van der Waals surface area contributed by atoms with E-state index in [-0.39, 0.29) is 5.91 Å². The van der Waals surface area contributed by atoms with Crippen LogP contribution in [0.4, 0.5) is 5.69 Å². The Balaban J connectivity index is 0.000000659. The van der Waals surface area contributed by atoms with Gasteiger partial charge in [-0.3, -0.25) is 9.78 Å². The van der Waals surface area contributed by atoms with Crippen LogP contribution in [-0.2, 0) is 4.79 Å². The molecule has 0 aliphatic rings. The van der Waals surface area contributed by atoms with Crippen LogP contribution in [0.15, 0.2) is 36.5 Å². The van der Waals surface area contributed by atoms with Gasteiger partial charge in [-0.25, -0.2) is 0 Å². The van der Waals surface area contributed by atoms with Crippen LogP contribution in [0, 0.1) is 0 Å². The molecule has 98 valence electrons. The number of carbonyl (C=O) groups excluding carboxylic acids is 1. The summed E-state index contributed by atoms with van der Waals surface area (Å²) in [5.74, 6) is -0.0692. The van der Waals surface area contributed by atoms with Gasteiger partial charge >= 0.3 is 0 Å². The number of amides is 1. The summed E-state index contributed by atoms with van der Waals surface area (Å²) in [4.78, 5) is 15.0. The van der Waals surface area contributed by atoms with E-state index in [1.807, 2.05) is 58.0 Å². The Morgan fingerprint density at radius 2 is 1.78 bits per heavy atom. The molecule has 3 heteroatoms. The second kappa shape index (κ2) is 9.16. The molecule has 2 aromatic rings. The van der Waals surface area contributed by atoms with Gasteiger partial charge in [0, 0.05) is 24.2 Å². The Labute approximate surface area is 109 Å². The molecule has 0 saturated carbocycles. The average molecular weight is 246 g/mol. The molecule has 0 aliphatic carbocycles. The summed E-state index contributed by atoms with van der Waals surface area (Å²) < 4.78 is 0. The second-order valence-electron chi connectivity index (χ2n) is 3.09. The SMILES string of the molecule is CC.CC.CC(=O)Nc1ccc2cccnc2c1. The van der Waals surface area contributed by atoms with Crippen LogP contribution >= 0.6 is 0 Å². The molecule has 0 atom stereocenters. The Kier molecular flexibility index (Phi) is 8.20. The number of fused-ring (bicyclic) bond motifs is 1. The van der Waals surface area contributed by atoms with Crippen LogP contribution in [0.3, 0.4) is 0 Å². The lowest BCUT2D eigenvalue weighted by atomic mass is 10.2. The van der Waals surface area contributed by atoms with Gasteiger partial charge in [-0.15, -0.1) is 0 Å². The minimum Gasteiger partial charge on any atom is -0.326 e. The van der Waals surface area contributed by atoms with Gasteiger partial charge in [0.25, 0.3) is 0 Å². The number of rotatable bonds is 1. The Morgan fingerprint density at radius 1 is 1.11 bits per heavy atom. The number of hydrogen-bond donors (Lipinski definition) is 1. The lowest BCUT2D eigenvalue weighted by Crippen LogP contribution is -2.05. The van der Waals surface area contributed by atoms with Crippen LogP contribution in [0.5, 0.6) is 0 Å². The second-order valence-corrected chi connectivity index (χ2v) is 3.09. The van der Waals surface area contributed by atoms with Crippen molar-refractivity contribution in [1.29, 1.82) is 0 Å². The molecule has 0 saturated heterocycles. The van der Waals surface area contributed by atoms with E-state index in [1.165, 1.54) is 6.92 Å². The number of nitrogens with one attached hydrogen (secondary N) is 1. The summed E-state index contributed by atoms with van der Waals surface area (Å²) in [5.41, 5.74) is 1.67. The van der Waals surface area contributed by atoms with Gasteiger partial charge in [0.1, 0.15) is 0 Å². The molecule has 1 heterocycles. The fourth-order valence-electron chi connectivity index (χ4n) is 1.35. The zero-order valence-electron chi connectivity index (χ0n) is 11.8. The summed E-state index contributed by atoms with van der Waals surface area (Å²) in [6.07, 6.45) is 1.74. The van der Waals surface area contributed by atoms with Gasteiger partial charge in [-0.1, -0.05) is 39.8 Å².